The molecule has 1 aromatic carbocycles. The van der Waals surface area contributed by atoms with Crippen LogP contribution in [0.3, 0.4) is 0 Å². The molecule has 9 nitrogen and oxygen atoms in total. The zero-order chi connectivity index (χ0) is 19.6. The van der Waals surface area contributed by atoms with E-state index in [1.165, 1.54) is 4.68 Å². The summed E-state index contributed by atoms with van der Waals surface area (Å²) in [6.07, 6.45) is 1.61. The van der Waals surface area contributed by atoms with Crippen LogP contribution in [-0.4, -0.2) is 52.2 Å². The molecule has 2 aromatic heterocycles. The Morgan fingerprint density at radius 2 is 1.85 bits per heavy atom. The standard InChI is InChI=1S/C17H20N6O3S/c1-10-8-11(2)22(21-10)16-19-20-17(27)23(16)18-9-12-6-7-13(24-3)15(26-5)14(12)25-4/h6-9H,1-5H3,(H,20,27)/b18-9-. The Morgan fingerprint density at radius 3 is 2.44 bits per heavy atom. The molecule has 2 heterocycles. The molecule has 10 heteroatoms. The average molecular weight is 388 g/mol. The molecule has 0 aliphatic rings. The Balaban J connectivity index is 2.07. The molecule has 0 aliphatic heterocycles. The monoisotopic (exact) mass is 388 g/mol. The maximum absolute atomic E-state index is 5.47. The summed E-state index contributed by atoms with van der Waals surface area (Å²) >= 11 is 5.30. The fraction of sp³-hybridized carbons (Fsp3) is 0.294. The van der Waals surface area contributed by atoms with Gasteiger partial charge in [-0.05, 0) is 44.3 Å². The molecule has 27 heavy (non-hydrogen) atoms. The van der Waals surface area contributed by atoms with Crippen molar-refractivity contribution < 1.29 is 14.2 Å². The van der Waals surface area contributed by atoms with Gasteiger partial charge >= 0.3 is 0 Å². The van der Waals surface area contributed by atoms with Gasteiger partial charge in [0.2, 0.25) is 10.5 Å². The predicted molar refractivity (Wildman–Crippen MR) is 103 cm³/mol. The van der Waals surface area contributed by atoms with Crippen molar-refractivity contribution in [1.82, 2.24) is 24.7 Å². The molecule has 3 rings (SSSR count). The Morgan fingerprint density at radius 1 is 1.11 bits per heavy atom. The normalized spacial score (nSPS) is 11.1. The molecular formula is C17H20N6O3S. The summed E-state index contributed by atoms with van der Waals surface area (Å²) in [6, 6.07) is 5.54. The minimum absolute atomic E-state index is 0.341. The van der Waals surface area contributed by atoms with E-state index in [0.29, 0.717) is 33.5 Å². The summed E-state index contributed by atoms with van der Waals surface area (Å²) < 4.78 is 19.7. The molecule has 0 radical (unpaired) electrons. The highest BCUT2D eigenvalue weighted by Gasteiger charge is 2.16. The molecule has 0 amide bonds. The van der Waals surface area contributed by atoms with Crippen LogP contribution in [0.4, 0.5) is 0 Å². The second-order valence-electron chi connectivity index (χ2n) is 5.65. The molecule has 0 saturated heterocycles. The summed E-state index contributed by atoms with van der Waals surface area (Å²) in [5.74, 6) is 2.01. The van der Waals surface area contributed by atoms with Crippen LogP contribution in [0.5, 0.6) is 17.2 Å². The van der Waals surface area contributed by atoms with Gasteiger partial charge in [-0.3, -0.25) is 0 Å². The zero-order valence-electron chi connectivity index (χ0n) is 15.7. The number of methoxy groups -OCH3 is 3. The van der Waals surface area contributed by atoms with Crippen molar-refractivity contribution in [3.63, 3.8) is 0 Å². The maximum atomic E-state index is 5.47. The third-order valence-corrected chi connectivity index (χ3v) is 4.14. The molecule has 0 aliphatic carbocycles. The first-order valence-electron chi connectivity index (χ1n) is 8.04. The Labute approximate surface area is 161 Å². The van der Waals surface area contributed by atoms with Crippen molar-refractivity contribution in [2.24, 2.45) is 5.10 Å². The van der Waals surface area contributed by atoms with Crippen molar-refractivity contribution in [3.8, 4) is 23.2 Å². The van der Waals surface area contributed by atoms with Crippen LogP contribution in [0.1, 0.15) is 17.0 Å². The molecule has 3 aromatic rings. The van der Waals surface area contributed by atoms with Crippen LogP contribution >= 0.6 is 12.2 Å². The largest absolute Gasteiger partial charge is 0.493 e. The molecule has 0 fully saturated rings. The van der Waals surface area contributed by atoms with Crippen LogP contribution in [0.25, 0.3) is 5.95 Å². The van der Waals surface area contributed by atoms with Crippen LogP contribution in [0.2, 0.25) is 0 Å². The second-order valence-corrected chi connectivity index (χ2v) is 6.03. The lowest BCUT2D eigenvalue weighted by Crippen LogP contribution is -2.07. The highest BCUT2D eigenvalue weighted by atomic mass is 32.1. The minimum atomic E-state index is 0.341. The van der Waals surface area contributed by atoms with Gasteiger partial charge in [-0.2, -0.15) is 14.9 Å². The highest BCUT2D eigenvalue weighted by molar-refractivity contribution is 7.71. The van der Waals surface area contributed by atoms with Crippen molar-refractivity contribution in [1.29, 1.82) is 0 Å². The van der Waals surface area contributed by atoms with Crippen molar-refractivity contribution in [3.05, 3.63) is 39.9 Å². The summed E-state index contributed by atoms with van der Waals surface area (Å²) in [6.45, 7) is 3.84. The van der Waals surface area contributed by atoms with E-state index in [-0.39, 0.29) is 0 Å². The number of rotatable bonds is 6. The smallest absolute Gasteiger partial charge is 0.271 e. The summed E-state index contributed by atoms with van der Waals surface area (Å²) in [4.78, 5) is 0. The van der Waals surface area contributed by atoms with E-state index in [1.54, 1.807) is 38.3 Å². The molecule has 0 bridgehead atoms. The van der Waals surface area contributed by atoms with Crippen molar-refractivity contribution in [2.75, 3.05) is 21.3 Å². The van der Waals surface area contributed by atoms with Gasteiger partial charge in [0, 0.05) is 11.3 Å². The molecule has 0 saturated carbocycles. The Kier molecular flexibility index (Phi) is 5.26. The third-order valence-electron chi connectivity index (χ3n) is 3.88. The van der Waals surface area contributed by atoms with Gasteiger partial charge in [0.1, 0.15) is 0 Å². The fourth-order valence-electron chi connectivity index (χ4n) is 2.70. The van der Waals surface area contributed by atoms with E-state index in [2.05, 4.69) is 20.4 Å². The van der Waals surface area contributed by atoms with E-state index in [9.17, 15) is 0 Å². The van der Waals surface area contributed by atoms with E-state index in [0.717, 1.165) is 11.4 Å². The molecule has 0 atom stereocenters. The second kappa shape index (κ2) is 7.62. The fourth-order valence-corrected chi connectivity index (χ4v) is 2.88. The number of aromatic amines is 1. The number of benzene rings is 1. The third kappa shape index (κ3) is 3.43. The molecule has 0 spiro atoms. The number of H-pyrrole nitrogens is 1. The van der Waals surface area contributed by atoms with Gasteiger partial charge < -0.3 is 14.2 Å². The van der Waals surface area contributed by atoms with Crippen LogP contribution in [0.15, 0.2) is 23.3 Å². The molecular weight excluding hydrogens is 368 g/mol. The highest BCUT2D eigenvalue weighted by Crippen LogP contribution is 2.39. The summed E-state index contributed by atoms with van der Waals surface area (Å²) in [5, 5.41) is 15.9. The SMILES string of the molecule is COc1ccc(/C=N\n2c(-n3nc(C)cc3C)n[nH]c2=S)c(OC)c1OC. The summed E-state index contributed by atoms with van der Waals surface area (Å²) in [7, 11) is 4.67. The van der Waals surface area contributed by atoms with Gasteiger partial charge in [-0.15, -0.1) is 5.10 Å². The number of hydrogen-bond acceptors (Lipinski definition) is 7. The predicted octanol–water partition coefficient (Wildman–Crippen LogP) is 2.65. The topological polar surface area (TPSA) is 91.5 Å². The van der Waals surface area contributed by atoms with Crippen molar-refractivity contribution >= 4 is 18.4 Å². The van der Waals surface area contributed by atoms with Crippen LogP contribution in [0, 0.1) is 18.6 Å². The van der Waals surface area contributed by atoms with Crippen LogP contribution < -0.4 is 14.2 Å². The van der Waals surface area contributed by atoms with Gasteiger partial charge in [-0.25, -0.2) is 9.78 Å². The Bertz CT molecular complexity index is 1050. The van der Waals surface area contributed by atoms with Gasteiger partial charge in [0.25, 0.3) is 5.95 Å². The zero-order valence-corrected chi connectivity index (χ0v) is 16.5. The number of nitrogens with one attached hydrogen (secondary N) is 1. The number of aryl methyl sites for hydroxylation is 2. The molecule has 0 unspecified atom stereocenters. The number of hydrogen-bond donors (Lipinski definition) is 1. The first kappa shape index (κ1) is 18.6. The molecule has 142 valence electrons. The van der Waals surface area contributed by atoms with E-state index in [1.807, 2.05) is 26.0 Å². The number of nitrogens with zero attached hydrogens (tertiary/aromatic N) is 5. The molecule has 1 N–H and O–H groups in total. The van der Waals surface area contributed by atoms with Crippen molar-refractivity contribution in [2.45, 2.75) is 13.8 Å². The lowest BCUT2D eigenvalue weighted by Gasteiger charge is -2.13. The minimum Gasteiger partial charge on any atom is -0.493 e. The number of ether oxygens (including phenoxy) is 3. The van der Waals surface area contributed by atoms with E-state index in [4.69, 9.17) is 26.4 Å². The van der Waals surface area contributed by atoms with Crippen LogP contribution in [-0.2, 0) is 0 Å². The van der Waals surface area contributed by atoms with Gasteiger partial charge in [-0.1, -0.05) is 0 Å². The summed E-state index contributed by atoms with van der Waals surface area (Å²) in [5.41, 5.74) is 2.48. The van der Waals surface area contributed by atoms with Gasteiger partial charge in [0.15, 0.2) is 11.5 Å². The lowest BCUT2D eigenvalue weighted by molar-refractivity contribution is 0.324. The first-order chi connectivity index (χ1) is 13.0. The maximum Gasteiger partial charge on any atom is 0.271 e. The first-order valence-corrected chi connectivity index (χ1v) is 8.45. The average Bonchev–Trinajstić information content (AvgIpc) is 3.19. The van der Waals surface area contributed by atoms with Gasteiger partial charge in [0.05, 0.1) is 33.2 Å². The van der Waals surface area contributed by atoms with E-state index >= 15 is 0 Å². The number of aromatic nitrogens is 5. The lowest BCUT2D eigenvalue weighted by atomic mass is 10.2. The quantitative estimate of drug-likeness (QED) is 0.516. The Hall–Kier alpha value is -3.14. The van der Waals surface area contributed by atoms with E-state index < -0.39 is 0 Å².